The van der Waals surface area contributed by atoms with E-state index in [1.54, 1.807) is 0 Å². The minimum atomic E-state index is 0.0487. The van der Waals surface area contributed by atoms with Crippen molar-refractivity contribution in [2.75, 3.05) is 5.32 Å². The molecule has 0 aliphatic heterocycles. The highest BCUT2D eigenvalue weighted by Gasteiger charge is 2.26. The standard InChI is InChI=1S/C35H42N2/c1-23-21-24(2)33(25(3)22-23)37-35(31-17-12-9-13-18-31)34(30-15-10-8-11-16-30)36-20-14-19-32-28(6)26(4)27(5)29(32)7/h8-18,20-22,32,34-37H,19H2,1-7H3/b20-14-/t34-,35-/m0/s1. The van der Waals surface area contributed by atoms with Gasteiger partial charge in [-0.3, -0.25) is 0 Å². The third-order valence-electron chi connectivity index (χ3n) is 8.18. The summed E-state index contributed by atoms with van der Waals surface area (Å²) in [5, 5.41) is 7.76. The average molecular weight is 491 g/mol. The predicted molar refractivity (Wildman–Crippen MR) is 160 cm³/mol. The van der Waals surface area contributed by atoms with Crippen molar-refractivity contribution < 1.29 is 0 Å². The van der Waals surface area contributed by atoms with E-state index in [1.165, 1.54) is 55.8 Å². The van der Waals surface area contributed by atoms with Crippen LogP contribution in [0.1, 0.15) is 74.0 Å². The smallest absolute Gasteiger partial charge is 0.0757 e. The molecule has 0 aromatic heterocycles. The summed E-state index contributed by atoms with van der Waals surface area (Å²) in [6.07, 6.45) is 5.50. The summed E-state index contributed by atoms with van der Waals surface area (Å²) >= 11 is 0. The Morgan fingerprint density at radius 3 is 1.68 bits per heavy atom. The van der Waals surface area contributed by atoms with E-state index in [0.717, 1.165) is 6.42 Å². The zero-order valence-electron chi connectivity index (χ0n) is 23.5. The molecule has 3 aromatic carbocycles. The van der Waals surface area contributed by atoms with Crippen LogP contribution in [-0.2, 0) is 0 Å². The van der Waals surface area contributed by atoms with Gasteiger partial charge in [0.1, 0.15) is 0 Å². The summed E-state index contributed by atoms with van der Waals surface area (Å²) in [5.41, 5.74) is 13.5. The first-order valence-corrected chi connectivity index (χ1v) is 13.5. The van der Waals surface area contributed by atoms with Crippen LogP contribution in [-0.4, -0.2) is 0 Å². The third-order valence-corrected chi connectivity index (χ3v) is 8.18. The number of nitrogens with one attached hydrogen (secondary N) is 2. The first kappa shape index (κ1) is 26.5. The molecule has 2 N–H and O–H groups in total. The van der Waals surface area contributed by atoms with Crippen LogP contribution >= 0.6 is 0 Å². The summed E-state index contributed by atoms with van der Waals surface area (Å²) in [5.74, 6) is 0.508. The van der Waals surface area contributed by atoms with Crippen molar-refractivity contribution in [1.29, 1.82) is 0 Å². The summed E-state index contributed by atoms with van der Waals surface area (Å²) < 4.78 is 0. The van der Waals surface area contributed by atoms with Gasteiger partial charge in [0.2, 0.25) is 0 Å². The summed E-state index contributed by atoms with van der Waals surface area (Å²) in [6, 6.07) is 26.2. The van der Waals surface area contributed by atoms with Crippen molar-refractivity contribution >= 4 is 5.69 Å². The number of anilines is 1. The van der Waals surface area contributed by atoms with Crippen molar-refractivity contribution in [3.8, 4) is 0 Å². The molecule has 0 bridgehead atoms. The first-order valence-electron chi connectivity index (χ1n) is 13.5. The van der Waals surface area contributed by atoms with Crippen molar-refractivity contribution in [3.63, 3.8) is 0 Å². The van der Waals surface area contributed by atoms with Gasteiger partial charge in [0.15, 0.2) is 0 Å². The molecule has 0 saturated carbocycles. The van der Waals surface area contributed by atoms with Crippen LogP contribution in [0.15, 0.2) is 107 Å². The van der Waals surface area contributed by atoms with E-state index in [4.69, 9.17) is 0 Å². The van der Waals surface area contributed by atoms with Gasteiger partial charge in [-0.05, 0) is 94.5 Å². The van der Waals surface area contributed by atoms with Gasteiger partial charge >= 0.3 is 0 Å². The molecule has 4 rings (SSSR count). The molecule has 3 aromatic rings. The van der Waals surface area contributed by atoms with E-state index in [2.05, 4.69) is 144 Å². The van der Waals surface area contributed by atoms with Crippen LogP contribution < -0.4 is 10.6 Å². The SMILES string of the molecule is CC1=C(C)C(C/C=C\N[C@@H](c2ccccc2)[C@@H](Nc2c(C)cc(C)cc2C)c2ccccc2)C(C)=C1C. The molecule has 192 valence electrons. The fourth-order valence-corrected chi connectivity index (χ4v) is 5.80. The molecule has 1 aliphatic carbocycles. The Morgan fingerprint density at radius 2 is 1.16 bits per heavy atom. The monoisotopic (exact) mass is 490 g/mol. The van der Waals surface area contributed by atoms with E-state index in [-0.39, 0.29) is 12.1 Å². The minimum absolute atomic E-state index is 0.0487. The fraction of sp³-hybridized carbons (Fsp3) is 0.314. The molecule has 0 unspecified atom stereocenters. The lowest BCUT2D eigenvalue weighted by molar-refractivity contribution is 0.534. The quantitative estimate of drug-likeness (QED) is 0.312. The van der Waals surface area contributed by atoms with Crippen molar-refractivity contribution in [3.05, 3.63) is 135 Å². The normalized spacial score (nSPS) is 16.0. The molecule has 37 heavy (non-hydrogen) atoms. The van der Waals surface area contributed by atoms with Gasteiger partial charge in [-0.25, -0.2) is 0 Å². The maximum atomic E-state index is 3.95. The number of hydrogen-bond acceptors (Lipinski definition) is 2. The second kappa shape index (κ2) is 11.7. The van der Waals surface area contributed by atoms with Crippen LogP contribution in [0.5, 0.6) is 0 Å². The maximum absolute atomic E-state index is 3.95. The van der Waals surface area contributed by atoms with E-state index < -0.39 is 0 Å². The van der Waals surface area contributed by atoms with Crippen LogP contribution in [0.25, 0.3) is 0 Å². The maximum Gasteiger partial charge on any atom is 0.0757 e. The van der Waals surface area contributed by atoms with Crippen LogP contribution in [0.3, 0.4) is 0 Å². The average Bonchev–Trinajstić information content (AvgIpc) is 3.07. The second-order valence-corrected chi connectivity index (χ2v) is 10.7. The number of aryl methyl sites for hydroxylation is 3. The molecule has 0 heterocycles. The highest BCUT2D eigenvalue weighted by atomic mass is 15.0. The minimum Gasteiger partial charge on any atom is -0.382 e. The molecule has 2 atom stereocenters. The Kier molecular flexibility index (Phi) is 8.38. The van der Waals surface area contributed by atoms with E-state index in [0.29, 0.717) is 5.92 Å². The lowest BCUT2D eigenvalue weighted by atomic mass is 9.91. The molecule has 2 nitrogen and oxygen atoms in total. The van der Waals surface area contributed by atoms with Gasteiger partial charge in [0, 0.05) is 11.6 Å². The van der Waals surface area contributed by atoms with Gasteiger partial charge in [-0.2, -0.15) is 0 Å². The Labute approximate surface area is 224 Å². The third kappa shape index (κ3) is 5.91. The Balaban J connectivity index is 1.66. The Morgan fingerprint density at radius 1 is 0.676 bits per heavy atom. The lowest BCUT2D eigenvalue weighted by Gasteiger charge is -2.31. The topological polar surface area (TPSA) is 24.1 Å². The number of allylic oxidation sites excluding steroid dienone is 5. The van der Waals surface area contributed by atoms with Crippen LogP contribution in [0.2, 0.25) is 0 Å². The first-order chi connectivity index (χ1) is 17.8. The van der Waals surface area contributed by atoms with E-state index in [1.807, 2.05) is 0 Å². The molecule has 0 amide bonds. The number of rotatable bonds is 9. The second-order valence-electron chi connectivity index (χ2n) is 10.7. The fourth-order valence-electron chi connectivity index (χ4n) is 5.80. The predicted octanol–water partition coefficient (Wildman–Crippen LogP) is 9.30. The van der Waals surface area contributed by atoms with Crippen molar-refractivity contribution in [2.45, 2.75) is 67.0 Å². The zero-order valence-corrected chi connectivity index (χ0v) is 23.5. The van der Waals surface area contributed by atoms with E-state index >= 15 is 0 Å². The van der Waals surface area contributed by atoms with Gasteiger partial charge < -0.3 is 10.6 Å². The summed E-state index contributed by atoms with van der Waals surface area (Å²) in [6.45, 7) is 15.7. The number of benzene rings is 3. The zero-order chi connectivity index (χ0) is 26.5. The molecule has 0 radical (unpaired) electrons. The van der Waals surface area contributed by atoms with Crippen molar-refractivity contribution in [2.24, 2.45) is 5.92 Å². The summed E-state index contributed by atoms with van der Waals surface area (Å²) in [7, 11) is 0. The molecule has 0 spiro atoms. The van der Waals surface area contributed by atoms with Crippen LogP contribution in [0.4, 0.5) is 5.69 Å². The van der Waals surface area contributed by atoms with Crippen molar-refractivity contribution in [1.82, 2.24) is 5.32 Å². The van der Waals surface area contributed by atoms with Gasteiger partial charge in [0.05, 0.1) is 12.1 Å². The largest absolute Gasteiger partial charge is 0.382 e. The molecule has 0 fully saturated rings. The van der Waals surface area contributed by atoms with Gasteiger partial charge in [-0.15, -0.1) is 0 Å². The molecule has 2 heteroatoms. The molecular weight excluding hydrogens is 448 g/mol. The highest BCUT2D eigenvalue weighted by molar-refractivity contribution is 5.60. The van der Waals surface area contributed by atoms with Gasteiger partial charge in [0.25, 0.3) is 0 Å². The van der Waals surface area contributed by atoms with Crippen LogP contribution in [0, 0.1) is 26.7 Å². The highest BCUT2D eigenvalue weighted by Crippen LogP contribution is 2.39. The number of hydrogen-bond donors (Lipinski definition) is 2. The molecule has 1 aliphatic rings. The lowest BCUT2D eigenvalue weighted by Crippen LogP contribution is -2.29. The summed E-state index contributed by atoms with van der Waals surface area (Å²) in [4.78, 5) is 0. The molecule has 0 saturated heterocycles. The molecular formula is C35H42N2. The van der Waals surface area contributed by atoms with Gasteiger partial charge in [-0.1, -0.05) is 95.6 Å². The Bertz CT molecular complexity index is 1260. The Hall–Kier alpha value is -3.52. The van der Waals surface area contributed by atoms with E-state index in [9.17, 15) is 0 Å².